The van der Waals surface area contributed by atoms with Crippen LogP contribution in [0.5, 0.6) is 0 Å². The zero-order valence-corrected chi connectivity index (χ0v) is 8.81. The summed E-state index contributed by atoms with van der Waals surface area (Å²) < 4.78 is 5.01. The highest BCUT2D eigenvalue weighted by Crippen LogP contribution is 2.29. The van der Waals surface area contributed by atoms with E-state index in [-0.39, 0.29) is 18.5 Å². The Morgan fingerprint density at radius 3 is 2.38 bits per heavy atom. The Balaban J connectivity index is 0.000000845. The van der Waals surface area contributed by atoms with Gasteiger partial charge in [0, 0.05) is 18.1 Å². The average Bonchev–Trinajstić information content (AvgIpc) is 2.05. The van der Waals surface area contributed by atoms with Crippen molar-refractivity contribution in [1.29, 1.82) is 0 Å². The monoisotopic (exact) mass is 225 g/mol. The molecule has 76 valence electrons. The van der Waals surface area contributed by atoms with Crippen LogP contribution in [0.15, 0.2) is 0 Å². The van der Waals surface area contributed by atoms with Gasteiger partial charge in [-0.15, -0.1) is 12.4 Å². The minimum Gasteiger partial charge on any atom is -0.449 e. The van der Waals surface area contributed by atoms with E-state index in [0.29, 0.717) is 5.92 Å². The molecule has 0 radical (unpaired) electrons. The number of piperidine rings is 3. The van der Waals surface area contributed by atoms with Crippen LogP contribution in [0.1, 0.15) is 12.8 Å². The van der Waals surface area contributed by atoms with Crippen molar-refractivity contribution in [3.05, 3.63) is 0 Å². The zero-order valence-electron chi connectivity index (χ0n) is 7.24. The number of ether oxygens (including phenoxy) is 1. The van der Waals surface area contributed by atoms with Crippen LogP contribution in [0.3, 0.4) is 0 Å². The number of hydrogen-bond donors (Lipinski definition) is 0. The van der Waals surface area contributed by atoms with E-state index < -0.39 is 5.43 Å². The number of hydrogen-bond acceptors (Lipinski definition) is 3. The van der Waals surface area contributed by atoms with Crippen molar-refractivity contribution in [2.75, 3.05) is 19.6 Å². The van der Waals surface area contributed by atoms with Gasteiger partial charge in [0.2, 0.25) is 0 Å². The summed E-state index contributed by atoms with van der Waals surface area (Å²) in [5.74, 6) is 0.553. The predicted molar refractivity (Wildman–Crippen MR) is 52.5 cm³/mol. The fourth-order valence-electron chi connectivity index (χ4n) is 2.16. The molecule has 1 atom stereocenters. The fraction of sp³-hybridized carbons (Fsp3) is 0.875. The number of carbonyl (C=O) groups is 1. The molecule has 2 bridgehead atoms. The van der Waals surface area contributed by atoms with Crippen LogP contribution in [0.4, 0.5) is 4.79 Å². The summed E-state index contributed by atoms with van der Waals surface area (Å²) in [4.78, 5) is 12.8. The molecule has 13 heavy (non-hydrogen) atoms. The van der Waals surface area contributed by atoms with Gasteiger partial charge < -0.3 is 4.74 Å². The predicted octanol–water partition coefficient (Wildman–Crippen LogP) is 1.88. The maximum atomic E-state index is 10.5. The van der Waals surface area contributed by atoms with Crippen molar-refractivity contribution in [1.82, 2.24) is 4.90 Å². The molecule has 3 fully saturated rings. The van der Waals surface area contributed by atoms with Gasteiger partial charge in [-0.05, 0) is 31.8 Å². The fourth-order valence-corrected chi connectivity index (χ4v) is 2.28. The summed E-state index contributed by atoms with van der Waals surface area (Å²) >= 11 is 5.17. The lowest BCUT2D eigenvalue weighted by Gasteiger charge is -2.43. The van der Waals surface area contributed by atoms with Crippen LogP contribution in [0, 0.1) is 5.92 Å². The molecule has 3 nitrogen and oxygen atoms in total. The number of rotatable bonds is 1. The summed E-state index contributed by atoms with van der Waals surface area (Å²) in [6.07, 6.45) is 2.35. The van der Waals surface area contributed by atoms with Gasteiger partial charge in [-0.1, -0.05) is 0 Å². The lowest BCUT2D eigenvalue weighted by molar-refractivity contribution is -0.0255. The molecule has 0 aromatic heterocycles. The summed E-state index contributed by atoms with van der Waals surface area (Å²) in [7, 11) is 0. The SMILES string of the molecule is Cl.O=C(Cl)O[C@H]1CN2CCC1CC2. The van der Waals surface area contributed by atoms with Gasteiger partial charge in [0.25, 0.3) is 0 Å². The van der Waals surface area contributed by atoms with Crippen molar-refractivity contribution in [3.63, 3.8) is 0 Å². The second kappa shape index (κ2) is 4.49. The van der Waals surface area contributed by atoms with Gasteiger partial charge >= 0.3 is 5.43 Å². The maximum absolute atomic E-state index is 10.5. The number of halogens is 2. The van der Waals surface area contributed by atoms with Gasteiger partial charge in [0.15, 0.2) is 0 Å². The molecule has 0 spiro atoms. The minimum atomic E-state index is -0.659. The Kier molecular flexibility index (Phi) is 3.83. The quantitative estimate of drug-likeness (QED) is 0.639. The summed E-state index contributed by atoms with van der Waals surface area (Å²) in [6.45, 7) is 3.19. The average molecular weight is 226 g/mol. The third kappa shape index (κ3) is 2.48. The molecule has 3 saturated heterocycles. The van der Waals surface area contributed by atoms with E-state index in [0.717, 1.165) is 32.5 Å². The van der Waals surface area contributed by atoms with Crippen LogP contribution in [0.25, 0.3) is 0 Å². The van der Waals surface area contributed by atoms with Gasteiger partial charge in [-0.25, -0.2) is 4.79 Å². The lowest BCUT2D eigenvalue weighted by Crippen LogP contribution is -2.51. The molecule has 3 rings (SSSR count). The van der Waals surface area contributed by atoms with Crippen LogP contribution in [0.2, 0.25) is 0 Å². The van der Waals surface area contributed by atoms with Crippen LogP contribution < -0.4 is 0 Å². The molecular weight excluding hydrogens is 213 g/mol. The van der Waals surface area contributed by atoms with Crippen molar-refractivity contribution in [3.8, 4) is 0 Å². The Labute approximate surface area is 88.8 Å². The van der Waals surface area contributed by atoms with Crippen molar-refractivity contribution in [2.45, 2.75) is 18.9 Å². The standard InChI is InChI=1S/C8H12ClNO2.ClH/c9-8(11)12-7-5-10-3-1-6(7)2-4-10;/h6-7H,1-5H2;1H/t7-;/m0./s1. The molecule has 3 aliphatic heterocycles. The van der Waals surface area contributed by atoms with Gasteiger partial charge in [0.05, 0.1) is 0 Å². The molecule has 0 aliphatic carbocycles. The molecule has 0 N–H and O–H groups in total. The van der Waals surface area contributed by atoms with Crippen molar-refractivity contribution < 1.29 is 9.53 Å². The topological polar surface area (TPSA) is 29.5 Å². The zero-order chi connectivity index (χ0) is 8.55. The molecule has 3 heterocycles. The first-order valence-corrected chi connectivity index (χ1v) is 4.72. The van der Waals surface area contributed by atoms with E-state index in [4.69, 9.17) is 16.3 Å². The van der Waals surface area contributed by atoms with Gasteiger partial charge in [-0.3, -0.25) is 4.90 Å². The third-order valence-electron chi connectivity index (χ3n) is 2.84. The Hall–Kier alpha value is 0.01000. The first kappa shape index (κ1) is 11.1. The van der Waals surface area contributed by atoms with E-state index in [1.165, 1.54) is 0 Å². The van der Waals surface area contributed by atoms with Crippen LogP contribution in [-0.4, -0.2) is 36.1 Å². The van der Waals surface area contributed by atoms with E-state index in [1.807, 2.05) is 0 Å². The lowest BCUT2D eigenvalue weighted by atomic mass is 9.86. The van der Waals surface area contributed by atoms with E-state index in [9.17, 15) is 4.79 Å². The first-order chi connectivity index (χ1) is 5.75. The highest BCUT2D eigenvalue weighted by Gasteiger charge is 2.36. The molecule has 5 heteroatoms. The van der Waals surface area contributed by atoms with Crippen molar-refractivity contribution >= 4 is 29.4 Å². The molecule has 0 saturated carbocycles. The number of carbonyl (C=O) groups excluding carboxylic acids is 1. The van der Waals surface area contributed by atoms with E-state index >= 15 is 0 Å². The number of nitrogens with zero attached hydrogens (tertiary/aromatic N) is 1. The Morgan fingerprint density at radius 2 is 2.00 bits per heavy atom. The third-order valence-corrected chi connectivity index (χ3v) is 2.93. The van der Waals surface area contributed by atoms with Crippen molar-refractivity contribution in [2.24, 2.45) is 5.92 Å². The Bertz CT molecular complexity index is 193. The highest BCUT2D eigenvalue weighted by molar-refractivity contribution is 6.61. The smallest absolute Gasteiger partial charge is 0.404 e. The first-order valence-electron chi connectivity index (χ1n) is 4.34. The Morgan fingerprint density at radius 1 is 1.38 bits per heavy atom. The number of fused-ring (bicyclic) bond motifs is 3. The summed E-state index contributed by atoms with van der Waals surface area (Å²) in [6, 6.07) is 0. The summed E-state index contributed by atoms with van der Waals surface area (Å²) in [5, 5.41) is 0. The largest absolute Gasteiger partial charge is 0.449 e. The normalized spacial score (nSPS) is 36.5. The van der Waals surface area contributed by atoms with Crippen LogP contribution >= 0.6 is 24.0 Å². The van der Waals surface area contributed by atoms with E-state index in [1.54, 1.807) is 0 Å². The summed E-state index contributed by atoms with van der Waals surface area (Å²) in [5.41, 5.74) is -0.659. The van der Waals surface area contributed by atoms with Gasteiger partial charge in [0.1, 0.15) is 6.10 Å². The second-order valence-corrected chi connectivity index (χ2v) is 3.84. The van der Waals surface area contributed by atoms with Crippen LogP contribution in [-0.2, 0) is 4.74 Å². The maximum Gasteiger partial charge on any atom is 0.404 e. The van der Waals surface area contributed by atoms with Gasteiger partial charge in [-0.2, -0.15) is 0 Å². The molecule has 0 aromatic rings. The second-order valence-electron chi connectivity index (χ2n) is 3.53. The molecule has 3 aliphatic rings. The van der Waals surface area contributed by atoms with E-state index in [2.05, 4.69) is 4.90 Å². The molecule has 0 amide bonds. The molecular formula is C8H13Cl2NO2. The highest BCUT2D eigenvalue weighted by atomic mass is 35.5. The molecule has 0 aromatic carbocycles. The molecule has 0 unspecified atom stereocenters. The minimum absolute atomic E-state index is 0.